The Labute approximate surface area is 428 Å². The molecular weight excluding hydrogens is 1060 g/mol. The summed E-state index contributed by atoms with van der Waals surface area (Å²) in [5.74, 6) is -0.941. The SMILES string of the molecule is Cc1cc(N=Nc2c(S(=O)(=O)O)cc3cc(NCOc4ccc(N)cc4)ccc3c2O)c(C)cc1N=Nc1cc(C)c(N=Nc2ccc(N=Nc3ccc(S(=O)(=O)O)cc3)cc2S(=O)(=O)O)cc1OCCS(=O)(=O)O. The van der Waals surface area contributed by atoms with Gasteiger partial charge in [-0.05, 0) is 152 Å². The van der Waals surface area contributed by atoms with Gasteiger partial charge in [0.25, 0.3) is 40.5 Å². The normalized spacial score (nSPS) is 12.7. The van der Waals surface area contributed by atoms with Gasteiger partial charge in [0.15, 0.2) is 12.5 Å². The van der Waals surface area contributed by atoms with Gasteiger partial charge in [-0.25, -0.2) is 0 Å². The van der Waals surface area contributed by atoms with Gasteiger partial charge in [-0.1, -0.05) is 0 Å². The number of phenolic OH excluding ortho intramolecular Hbond substituents is 1. The fraction of sp³-hybridized carbons (Fsp3) is 0.130. The molecule has 0 aliphatic rings. The molecule has 0 amide bonds. The molecule has 0 aliphatic heterocycles. The summed E-state index contributed by atoms with van der Waals surface area (Å²) in [6.45, 7) is 4.34. The Morgan fingerprint density at radius 2 is 1.07 bits per heavy atom. The summed E-state index contributed by atoms with van der Waals surface area (Å²) in [5, 5.41) is 47.6. The van der Waals surface area contributed by atoms with Crippen molar-refractivity contribution < 1.29 is 66.5 Å². The van der Waals surface area contributed by atoms with E-state index in [1.807, 2.05) is 0 Å². The minimum absolute atomic E-state index is 0.0319. The van der Waals surface area contributed by atoms with Crippen molar-refractivity contribution in [1.29, 1.82) is 0 Å². The number of aromatic hydroxyl groups is 1. The largest absolute Gasteiger partial charge is 0.505 e. The molecule has 0 saturated heterocycles. The van der Waals surface area contributed by atoms with Crippen LogP contribution in [-0.4, -0.2) is 76.1 Å². The molecule has 7 aromatic carbocycles. The van der Waals surface area contributed by atoms with Crippen molar-refractivity contribution in [1.82, 2.24) is 0 Å². The molecule has 29 heteroatoms. The molecule has 0 aliphatic carbocycles. The highest BCUT2D eigenvalue weighted by Gasteiger charge is 2.23. The molecule has 0 heterocycles. The number of benzene rings is 7. The van der Waals surface area contributed by atoms with Gasteiger partial charge in [0, 0.05) is 22.8 Å². The first-order chi connectivity index (χ1) is 35.2. The summed E-state index contributed by atoms with van der Waals surface area (Å²) in [6, 6.07) is 26.4. The molecule has 0 unspecified atom stereocenters. The van der Waals surface area contributed by atoms with Crippen molar-refractivity contribution >= 4 is 108 Å². The molecule has 7 rings (SSSR count). The Kier molecular flexibility index (Phi) is 16.1. The van der Waals surface area contributed by atoms with Gasteiger partial charge in [0.2, 0.25) is 0 Å². The van der Waals surface area contributed by atoms with Crippen LogP contribution in [0.25, 0.3) is 10.8 Å². The molecule has 7 aromatic rings. The van der Waals surface area contributed by atoms with Crippen LogP contribution in [0.15, 0.2) is 171 Å². The first kappa shape index (κ1) is 54.6. The first-order valence-corrected chi connectivity index (χ1v) is 27.3. The number of azo groups is 4. The van der Waals surface area contributed by atoms with E-state index in [2.05, 4.69) is 46.2 Å². The summed E-state index contributed by atoms with van der Waals surface area (Å²) in [5.41, 5.74) is 7.90. The second kappa shape index (κ2) is 22.1. The maximum atomic E-state index is 12.6. The van der Waals surface area contributed by atoms with E-state index in [1.165, 1.54) is 42.5 Å². The highest BCUT2D eigenvalue weighted by atomic mass is 32.2. The Morgan fingerprint density at radius 1 is 0.520 bits per heavy atom. The number of anilines is 2. The molecule has 0 fully saturated rings. The Balaban J connectivity index is 1.13. The van der Waals surface area contributed by atoms with Crippen molar-refractivity contribution in [3.8, 4) is 17.2 Å². The van der Waals surface area contributed by atoms with Crippen molar-refractivity contribution in [3.63, 3.8) is 0 Å². The van der Waals surface area contributed by atoms with Gasteiger partial charge in [-0.2, -0.15) is 59.2 Å². The van der Waals surface area contributed by atoms with Gasteiger partial charge < -0.3 is 25.6 Å². The molecule has 8 N–H and O–H groups in total. The lowest BCUT2D eigenvalue weighted by molar-refractivity contribution is 0.337. The molecule has 0 aromatic heterocycles. The van der Waals surface area contributed by atoms with Crippen molar-refractivity contribution in [3.05, 3.63) is 132 Å². The number of nitrogens with zero attached hydrogens (tertiary/aromatic N) is 8. The summed E-state index contributed by atoms with van der Waals surface area (Å²) in [7, 11) is -18.8. The lowest BCUT2D eigenvalue weighted by atomic mass is 10.1. The maximum absolute atomic E-state index is 12.6. The monoisotopic (exact) mass is 1100 g/mol. The van der Waals surface area contributed by atoms with Gasteiger partial charge in [0.05, 0.1) is 33.3 Å². The van der Waals surface area contributed by atoms with E-state index in [4.69, 9.17) is 15.2 Å². The van der Waals surface area contributed by atoms with Crippen molar-refractivity contribution in [2.45, 2.75) is 35.5 Å². The second-order valence-corrected chi connectivity index (χ2v) is 21.9. The standard InChI is InChI=1S/C46H42N10O15S4/c1-26-19-39(54-56-45-44(75(67,68)69)22-29-21-32(8-14-36(29)46(45)57)48-25-71-34-10-4-30(47)5-11-34)27(2)18-38(26)52-55-41-20-28(3)40(24-42(41)70-16-17-72(58,59)60)53-51-37-15-9-33(23-43(37)74(64,65)66)50-49-31-6-12-35(13-7-31)73(61,62)63/h4-15,18-24,48,57H,16-17,25,47H2,1-3H3,(H,58,59,60)(H,61,62,63)(H,64,65,66)(H,67,68,69). The average Bonchev–Trinajstić information content (AvgIpc) is 3.33. The van der Waals surface area contributed by atoms with E-state index >= 15 is 0 Å². The Hall–Kier alpha value is -8.16. The van der Waals surface area contributed by atoms with Crippen LogP contribution < -0.4 is 20.5 Å². The average molecular weight is 1100 g/mol. The lowest BCUT2D eigenvalue weighted by Gasteiger charge is -2.12. The number of ether oxygens (including phenoxy) is 2. The molecule has 0 radical (unpaired) electrons. The molecular formula is C46H42N10O15S4. The number of nitrogens with one attached hydrogen (secondary N) is 1. The van der Waals surface area contributed by atoms with Gasteiger partial charge >= 0.3 is 0 Å². The van der Waals surface area contributed by atoms with Gasteiger partial charge in [-0.3, -0.25) is 18.2 Å². The van der Waals surface area contributed by atoms with E-state index in [9.17, 15) is 57.0 Å². The van der Waals surface area contributed by atoms with Crippen LogP contribution in [0.4, 0.5) is 56.9 Å². The zero-order valence-electron chi connectivity index (χ0n) is 39.2. The number of phenols is 1. The smallest absolute Gasteiger partial charge is 0.296 e. The number of nitrogens with two attached hydrogens (primary N) is 1. The third kappa shape index (κ3) is 14.3. The lowest BCUT2D eigenvalue weighted by Crippen LogP contribution is -2.12. The Bertz CT molecular complexity index is 3950. The van der Waals surface area contributed by atoms with Crippen LogP contribution in [0, 0.1) is 20.8 Å². The molecule has 0 bridgehead atoms. The van der Waals surface area contributed by atoms with E-state index in [0.29, 0.717) is 39.5 Å². The number of hydrogen-bond acceptors (Lipinski definition) is 21. The zero-order chi connectivity index (χ0) is 54.5. The van der Waals surface area contributed by atoms with E-state index in [-0.39, 0.29) is 62.3 Å². The van der Waals surface area contributed by atoms with Crippen molar-refractivity contribution in [2.75, 3.05) is 30.1 Å². The fourth-order valence-electron chi connectivity index (χ4n) is 6.72. The Morgan fingerprint density at radius 3 is 1.67 bits per heavy atom. The van der Waals surface area contributed by atoms with Crippen LogP contribution in [0.5, 0.6) is 17.2 Å². The number of hydrogen-bond donors (Lipinski definition) is 7. The van der Waals surface area contributed by atoms with E-state index in [1.54, 1.807) is 69.3 Å². The summed E-state index contributed by atoms with van der Waals surface area (Å²) < 4.78 is 146. The molecule has 0 spiro atoms. The second-order valence-electron chi connectivity index (χ2n) is 16.1. The number of nitrogen functional groups attached to an aromatic ring is 1. The van der Waals surface area contributed by atoms with Crippen molar-refractivity contribution in [2.24, 2.45) is 40.9 Å². The minimum atomic E-state index is -4.95. The van der Waals surface area contributed by atoms with E-state index < -0.39 is 74.1 Å². The minimum Gasteiger partial charge on any atom is -0.505 e. The zero-order valence-corrected chi connectivity index (χ0v) is 42.5. The van der Waals surface area contributed by atoms with Crippen LogP contribution >= 0.6 is 0 Å². The predicted octanol–water partition coefficient (Wildman–Crippen LogP) is 11.2. The first-order valence-electron chi connectivity index (χ1n) is 21.4. The number of rotatable bonds is 19. The van der Waals surface area contributed by atoms with Crippen LogP contribution in [0.3, 0.4) is 0 Å². The number of fused-ring (bicyclic) bond motifs is 1. The quantitative estimate of drug-likeness (QED) is 0.0171. The van der Waals surface area contributed by atoms with E-state index in [0.717, 1.165) is 24.3 Å². The molecule has 0 saturated carbocycles. The van der Waals surface area contributed by atoms with Gasteiger partial charge in [-0.15, -0.1) is 15.3 Å². The number of aryl methyl sites for hydroxylation is 3. The fourth-order valence-corrected chi connectivity index (χ4v) is 8.79. The predicted molar refractivity (Wildman–Crippen MR) is 274 cm³/mol. The summed E-state index contributed by atoms with van der Waals surface area (Å²) in [4.78, 5) is -1.82. The molecule has 0 atom stereocenters. The highest BCUT2D eigenvalue weighted by Crippen LogP contribution is 2.43. The third-order valence-corrected chi connectivity index (χ3v) is 13.8. The molecule has 75 heavy (non-hydrogen) atoms. The molecule has 25 nitrogen and oxygen atoms in total. The highest BCUT2D eigenvalue weighted by molar-refractivity contribution is 7.86. The van der Waals surface area contributed by atoms with Gasteiger partial charge in [0.1, 0.15) is 50.7 Å². The maximum Gasteiger partial charge on any atom is 0.296 e. The molecule has 390 valence electrons. The third-order valence-electron chi connectivity index (χ3n) is 10.5. The van der Waals surface area contributed by atoms with Crippen LogP contribution in [0.1, 0.15) is 16.7 Å². The van der Waals surface area contributed by atoms with Crippen LogP contribution in [0.2, 0.25) is 0 Å². The topological polar surface area (TPSA) is 393 Å². The van der Waals surface area contributed by atoms with Crippen LogP contribution in [-0.2, 0) is 40.5 Å². The summed E-state index contributed by atoms with van der Waals surface area (Å²) in [6.07, 6.45) is 0. The summed E-state index contributed by atoms with van der Waals surface area (Å²) >= 11 is 0.